The lowest BCUT2D eigenvalue weighted by Crippen LogP contribution is -2.27. The molecule has 0 aliphatic carbocycles. The molecular weight excluding hydrogens is 331 g/mol. The van der Waals surface area contributed by atoms with Crippen LogP contribution in [0.1, 0.15) is 28.7 Å². The van der Waals surface area contributed by atoms with Gasteiger partial charge in [-0.1, -0.05) is 25.1 Å². The van der Waals surface area contributed by atoms with E-state index in [0.29, 0.717) is 36.4 Å². The number of aromatic amines is 1. The summed E-state index contributed by atoms with van der Waals surface area (Å²) in [6, 6.07) is 11.0. The lowest BCUT2D eigenvalue weighted by molar-refractivity contribution is 0.0947. The third-order valence-corrected chi connectivity index (χ3v) is 4.56. The van der Waals surface area contributed by atoms with Crippen LogP contribution in [0.2, 0.25) is 0 Å². The van der Waals surface area contributed by atoms with Crippen molar-refractivity contribution in [2.24, 2.45) is 0 Å². The average Bonchev–Trinajstić information content (AvgIpc) is 3.22. The monoisotopic (exact) mass is 350 g/mol. The van der Waals surface area contributed by atoms with Crippen molar-refractivity contribution < 1.29 is 9.18 Å². The number of nitrogens with zero attached hydrogens (tertiary/aromatic N) is 2. The quantitative estimate of drug-likeness (QED) is 0.579. The molecule has 5 nitrogen and oxygen atoms in total. The van der Waals surface area contributed by atoms with Crippen LogP contribution >= 0.6 is 0 Å². The second-order valence-electron chi connectivity index (χ2n) is 6.20. The molecule has 0 atom stereocenters. The van der Waals surface area contributed by atoms with Crippen molar-refractivity contribution in [2.45, 2.75) is 19.8 Å². The van der Waals surface area contributed by atoms with Gasteiger partial charge in [0.2, 0.25) is 0 Å². The Morgan fingerprint density at radius 1 is 1.27 bits per heavy atom. The maximum atomic E-state index is 13.6. The van der Waals surface area contributed by atoms with E-state index in [-0.39, 0.29) is 5.91 Å². The number of hydrogen-bond donors (Lipinski definition) is 2. The minimum Gasteiger partial charge on any atom is -0.361 e. The average molecular weight is 350 g/mol. The predicted octanol–water partition coefficient (Wildman–Crippen LogP) is 3.49. The molecule has 0 unspecified atom stereocenters. The summed E-state index contributed by atoms with van der Waals surface area (Å²) < 4.78 is 15.1. The van der Waals surface area contributed by atoms with Crippen LogP contribution in [-0.4, -0.2) is 26.8 Å². The van der Waals surface area contributed by atoms with Gasteiger partial charge in [0.1, 0.15) is 17.2 Å². The Hall–Kier alpha value is -3.15. The maximum absolute atomic E-state index is 13.6. The third kappa shape index (κ3) is 2.83. The lowest BCUT2D eigenvalue weighted by Gasteiger charge is -2.06. The van der Waals surface area contributed by atoms with Crippen LogP contribution in [0.3, 0.4) is 0 Å². The van der Waals surface area contributed by atoms with E-state index in [1.54, 1.807) is 6.07 Å². The Kier molecular flexibility index (Phi) is 4.16. The van der Waals surface area contributed by atoms with E-state index in [4.69, 9.17) is 0 Å². The van der Waals surface area contributed by atoms with Crippen LogP contribution in [0.25, 0.3) is 16.6 Å². The highest BCUT2D eigenvalue weighted by Gasteiger charge is 2.18. The van der Waals surface area contributed by atoms with Crippen LogP contribution in [0.4, 0.5) is 4.39 Å². The first-order valence-electron chi connectivity index (χ1n) is 8.67. The zero-order valence-corrected chi connectivity index (χ0v) is 14.4. The van der Waals surface area contributed by atoms with E-state index in [1.165, 1.54) is 16.7 Å². The number of fused-ring (bicyclic) bond motifs is 2. The number of rotatable bonds is 5. The Morgan fingerprint density at radius 2 is 2.12 bits per heavy atom. The highest BCUT2D eigenvalue weighted by Crippen LogP contribution is 2.18. The summed E-state index contributed by atoms with van der Waals surface area (Å²) in [5.41, 5.74) is 3.88. The van der Waals surface area contributed by atoms with Crippen molar-refractivity contribution in [3.05, 3.63) is 71.6 Å². The maximum Gasteiger partial charge on any atom is 0.270 e. The Bertz CT molecular complexity index is 1100. The van der Waals surface area contributed by atoms with Gasteiger partial charge < -0.3 is 10.3 Å². The number of nitrogens with one attached hydrogen (secondary N) is 2. The topological polar surface area (TPSA) is 62.2 Å². The van der Waals surface area contributed by atoms with Gasteiger partial charge in [-0.3, -0.25) is 9.20 Å². The number of aryl methyl sites for hydroxylation is 1. The minimum absolute atomic E-state index is 0.236. The summed E-state index contributed by atoms with van der Waals surface area (Å²) >= 11 is 0. The van der Waals surface area contributed by atoms with E-state index in [0.717, 1.165) is 16.5 Å². The number of halogens is 1. The normalized spacial score (nSPS) is 11.3. The molecule has 26 heavy (non-hydrogen) atoms. The molecule has 1 amide bonds. The number of aromatic nitrogens is 3. The van der Waals surface area contributed by atoms with Crippen molar-refractivity contribution >= 4 is 22.5 Å². The molecule has 0 saturated heterocycles. The van der Waals surface area contributed by atoms with Gasteiger partial charge in [-0.25, -0.2) is 9.37 Å². The largest absolute Gasteiger partial charge is 0.361 e. The van der Waals surface area contributed by atoms with Crippen molar-refractivity contribution in [2.75, 3.05) is 6.54 Å². The van der Waals surface area contributed by atoms with Gasteiger partial charge in [0.15, 0.2) is 0 Å². The van der Waals surface area contributed by atoms with Crippen molar-refractivity contribution in [3.63, 3.8) is 0 Å². The molecule has 0 aliphatic rings. The number of H-pyrrole nitrogens is 1. The van der Waals surface area contributed by atoms with Crippen LogP contribution in [-0.2, 0) is 12.8 Å². The summed E-state index contributed by atoms with van der Waals surface area (Å²) in [6.07, 6.45) is 4.59. The van der Waals surface area contributed by atoms with Gasteiger partial charge in [0.25, 0.3) is 5.91 Å². The molecule has 6 heteroatoms. The second-order valence-corrected chi connectivity index (χ2v) is 6.20. The van der Waals surface area contributed by atoms with Crippen LogP contribution in [0.5, 0.6) is 0 Å². The van der Waals surface area contributed by atoms with Gasteiger partial charge in [-0.15, -0.1) is 0 Å². The number of carbonyl (C=O) groups is 1. The van der Waals surface area contributed by atoms with Gasteiger partial charge in [-0.2, -0.15) is 0 Å². The molecule has 0 aliphatic heterocycles. The number of amides is 1. The van der Waals surface area contributed by atoms with Crippen molar-refractivity contribution in [1.82, 2.24) is 19.7 Å². The van der Waals surface area contributed by atoms with E-state index in [9.17, 15) is 9.18 Å². The first-order chi connectivity index (χ1) is 12.7. The first kappa shape index (κ1) is 16.3. The molecule has 1 aromatic carbocycles. The number of hydrogen-bond acceptors (Lipinski definition) is 2. The fourth-order valence-electron chi connectivity index (χ4n) is 3.29. The molecule has 2 N–H and O–H groups in total. The lowest BCUT2D eigenvalue weighted by atomic mass is 10.1. The third-order valence-electron chi connectivity index (χ3n) is 4.56. The fraction of sp³-hybridized carbons (Fsp3) is 0.200. The number of carbonyl (C=O) groups excluding carboxylic acids is 1. The Morgan fingerprint density at radius 3 is 2.96 bits per heavy atom. The summed E-state index contributed by atoms with van der Waals surface area (Å²) in [6.45, 7) is 2.42. The standard InChI is InChI=1S/C20H19FN4O/c1-2-16-19(25-12-14(21)7-8-18(25)24-16)20(26)22-10-9-13-11-23-17-6-4-3-5-15(13)17/h3-8,11-12,23H,2,9-10H2,1H3,(H,22,26). The molecule has 0 radical (unpaired) electrons. The Balaban J connectivity index is 1.53. The first-order valence-corrected chi connectivity index (χ1v) is 8.67. The highest BCUT2D eigenvalue weighted by atomic mass is 19.1. The molecular formula is C20H19FN4O. The molecule has 0 bridgehead atoms. The number of benzene rings is 1. The SMILES string of the molecule is CCc1nc2ccc(F)cn2c1C(=O)NCCc1c[nH]c2ccccc12. The van der Waals surface area contributed by atoms with E-state index in [2.05, 4.69) is 21.4 Å². The Labute approximate surface area is 149 Å². The van der Waals surface area contributed by atoms with Gasteiger partial charge in [0.05, 0.1) is 5.69 Å². The zero-order valence-electron chi connectivity index (χ0n) is 14.4. The predicted molar refractivity (Wildman–Crippen MR) is 98.9 cm³/mol. The molecule has 0 saturated carbocycles. The van der Waals surface area contributed by atoms with Crippen LogP contribution in [0.15, 0.2) is 48.8 Å². The van der Waals surface area contributed by atoms with Crippen LogP contribution < -0.4 is 5.32 Å². The second kappa shape index (κ2) is 6.63. The van der Waals surface area contributed by atoms with Gasteiger partial charge >= 0.3 is 0 Å². The van der Waals surface area contributed by atoms with Gasteiger partial charge in [0, 0.05) is 29.8 Å². The number of para-hydroxylation sites is 1. The van der Waals surface area contributed by atoms with E-state index >= 15 is 0 Å². The number of pyridine rings is 1. The van der Waals surface area contributed by atoms with Crippen molar-refractivity contribution in [3.8, 4) is 0 Å². The zero-order chi connectivity index (χ0) is 18.1. The number of imidazole rings is 1. The summed E-state index contributed by atoms with van der Waals surface area (Å²) in [5.74, 6) is -0.634. The summed E-state index contributed by atoms with van der Waals surface area (Å²) in [7, 11) is 0. The van der Waals surface area contributed by atoms with Crippen LogP contribution in [0, 0.1) is 5.82 Å². The molecule has 3 heterocycles. The van der Waals surface area contributed by atoms with E-state index in [1.807, 2.05) is 31.3 Å². The van der Waals surface area contributed by atoms with Crippen molar-refractivity contribution in [1.29, 1.82) is 0 Å². The molecule has 4 aromatic rings. The summed E-state index contributed by atoms with van der Waals surface area (Å²) in [5, 5.41) is 4.10. The van der Waals surface area contributed by atoms with E-state index < -0.39 is 5.82 Å². The molecule has 0 fully saturated rings. The van der Waals surface area contributed by atoms with Gasteiger partial charge in [-0.05, 0) is 36.6 Å². The highest BCUT2D eigenvalue weighted by molar-refractivity contribution is 5.94. The molecule has 3 aromatic heterocycles. The summed E-state index contributed by atoms with van der Waals surface area (Å²) in [4.78, 5) is 20.4. The molecule has 4 rings (SSSR count). The smallest absolute Gasteiger partial charge is 0.270 e. The molecule has 132 valence electrons. The molecule has 0 spiro atoms. The minimum atomic E-state index is -0.398. The fourth-order valence-corrected chi connectivity index (χ4v) is 3.29.